The van der Waals surface area contributed by atoms with Gasteiger partial charge in [0.05, 0.1) is 0 Å². The van der Waals surface area contributed by atoms with Gasteiger partial charge in [-0.2, -0.15) is 0 Å². The van der Waals surface area contributed by atoms with Crippen LogP contribution in [0, 0.1) is 5.92 Å². The molecular formula is C15H26N2OSn. The topological polar surface area (TPSA) is 36.4 Å². The Morgan fingerprint density at radius 3 is 2.53 bits per heavy atom. The van der Waals surface area contributed by atoms with Crippen molar-refractivity contribution in [1.82, 2.24) is 4.98 Å². The second kappa shape index (κ2) is 5.24. The molecule has 1 unspecified atom stereocenters. The molecule has 1 N–H and O–H groups in total. The second-order valence-corrected chi connectivity index (χ2v) is 21.5. The van der Waals surface area contributed by atoms with Crippen molar-refractivity contribution in [2.45, 2.75) is 40.7 Å². The fourth-order valence-corrected chi connectivity index (χ4v) is 5.55. The summed E-state index contributed by atoms with van der Waals surface area (Å²) in [6.45, 7) is 5.75. The Morgan fingerprint density at radius 2 is 2.00 bits per heavy atom. The quantitative estimate of drug-likeness (QED) is 0.831. The molecule has 1 aromatic heterocycles. The number of hydrogen-bond acceptors (Lipinski definition) is 3. The summed E-state index contributed by atoms with van der Waals surface area (Å²) >= 11 is -2.09. The van der Waals surface area contributed by atoms with E-state index in [1.807, 2.05) is 13.8 Å². The molecular weight excluding hydrogens is 343 g/mol. The van der Waals surface area contributed by atoms with Gasteiger partial charge in [-0.05, 0) is 0 Å². The van der Waals surface area contributed by atoms with Gasteiger partial charge in [-0.25, -0.2) is 0 Å². The van der Waals surface area contributed by atoms with Gasteiger partial charge in [0, 0.05) is 0 Å². The van der Waals surface area contributed by atoms with Crippen molar-refractivity contribution in [3.8, 4) is 0 Å². The number of pyridine rings is 1. The van der Waals surface area contributed by atoms with Crippen LogP contribution in [0.25, 0.3) is 0 Å². The number of aliphatic hydroxyl groups is 1. The van der Waals surface area contributed by atoms with Crippen LogP contribution in [0.5, 0.6) is 0 Å². The maximum absolute atomic E-state index is 10.1. The van der Waals surface area contributed by atoms with Crippen molar-refractivity contribution in [2.75, 3.05) is 18.0 Å². The Balaban J connectivity index is 2.16. The average molecular weight is 369 g/mol. The molecule has 2 rings (SSSR count). The molecule has 1 aliphatic heterocycles. The number of nitrogens with zero attached hydrogens (tertiary/aromatic N) is 2. The van der Waals surface area contributed by atoms with Gasteiger partial charge in [-0.3, -0.25) is 0 Å². The van der Waals surface area contributed by atoms with E-state index in [2.05, 4.69) is 37.9 Å². The van der Waals surface area contributed by atoms with Crippen LogP contribution >= 0.6 is 0 Å². The molecule has 0 bridgehead atoms. The van der Waals surface area contributed by atoms with Crippen LogP contribution in [-0.2, 0) is 0 Å². The van der Waals surface area contributed by atoms with Crippen molar-refractivity contribution in [3.05, 3.63) is 18.2 Å². The summed E-state index contributed by atoms with van der Waals surface area (Å²) in [7, 11) is 0. The minimum absolute atomic E-state index is 0.344. The van der Waals surface area contributed by atoms with Crippen LogP contribution in [0.15, 0.2) is 18.2 Å². The molecule has 1 fully saturated rings. The zero-order valence-corrected chi connectivity index (χ0v) is 15.6. The molecule has 1 atom stereocenters. The van der Waals surface area contributed by atoms with Crippen molar-refractivity contribution < 1.29 is 5.11 Å². The summed E-state index contributed by atoms with van der Waals surface area (Å²) in [5, 5.41) is 10.1. The third-order valence-corrected chi connectivity index (χ3v) is 9.20. The Hall–Kier alpha value is -0.291. The Morgan fingerprint density at radius 1 is 1.32 bits per heavy atom. The minimum atomic E-state index is -2.09. The van der Waals surface area contributed by atoms with Crippen molar-refractivity contribution in [2.24, 2.45) is 5.92 Å². The van der Waals surface area contributed by atoms with Gasteiger partial charge < -0.3 is 0 Å². The van der Waals surface area contributed by atoms with Crippen molar-refractivity contribution >= 4 is 27.9 Å². The van der Waals surface area contributed by atoms with E-state index >= 15 is 0 Å². The molecule has 0 amide bonds. The van der Waals surface area contributed by atoms with Gasteiger partial charge in [-0.15, -0.1) is 0 Å². The van der Waals surface area contributed by atoms with Gasteiger partial charge in [0.25, 0.3) is 0 Å². The number of anilines is 1. The third kappa shape index (κ3) is 3.63. The maximum atomic E-state index is 10.1. The molecule has 0 aliphatic carbocycles. The monoisotopic (exact) mass is 370 g/mol. The fourth-order valence-electron chi connectivity index (χ4n) is 2.56. The molecule has 19 heavy (non-hydrogen) atoms. The summed E-state index contributed by atoms with van der Waals surface area (Å²) in [6.07, 6.45) is 1.05. The molecule has 106 valence electrons. The standard InChI is InChI=1S/C12H17N2O.3CH3.Sn/c1-12(2,15)10-6-8-14(9-10)11-5-3-4-7-13-11;;;;/h3-5,10,15H,6,8-9H2,1-2H3;3*1H3;. The molecule has 1 aliphatic rings. The predicted octanol–water partition coefficient (Wildman–Crippen LogP) is 2.22. The van der Waals surface area contributed by atoms with Gasteiger partial charge in [-0.1, -0.05) is 0 Å². The van der Waals surface area contributed by atoms with E-state index in [9.17, 15) is 5.11 Å². The van der Waals surface area contributed by atoms with Crippen molar-refractivity contribution in [1.29, 1.82) is 0 Å². The first-order valence-corrected chi connectivity index (χ1v) is 17.1. The number of aromatic nitrogens is 1. The zero-order chi connectivity index (χ0) is 14.3. The predicted molar refractivity (Wildman–Crippen MR) is 83.8 cm³/mol. The Labute approximate surface area is 120 Å². The summed E-state index contributed by atoms with van der Waals surface area (Å²) in [5.74, 6) is 1.44. The van der Waals surface area contributed by atoms with Crippen LogP contribution < -0.4 is 8.61 Å². The van der Waals surface area contributed by atoms with Crippen LogP contribution in [0.4, 0.5) is 5.82 Å². The van der Waals surface area contributed by atoms with Crippen molar-refractivity contribution in [3.63, 3.8) is 0 Å². The third-order valence-electron chi connectivity index (χ3n) is 4.01. The molecule has 0 saturated carbocycles. The summed E-state index contributed by atoms with van der Waals surface area (Å²) in [4.78, 5) is 14.4. The van der Waals surface area contributed by atoms with Crippen LogP contribution in [0.3, 0.4) is 0 Å². The molecule has 1 saturated heterocycles. The number of hydrogen-bond donors (Lipinski definition) is 1. The van der Waals surface area contributed by atoms with Gasteiger partial charge in [0.15, 0.2) is 0 Å². The van der Waals surface area contributed by atoms with E-state index in [1.54, 1.807) is 0 Å². The molecule has 1 aromatic rings. The van der Waals surface area contributed by atoms with Gasteiger partial charge in [0.1, 0.15) is 0 Å². The second-order valence-electron chi connectivity index (χ2n) is 7.22. The van der Waals surface area contributed by atoms with E-state index < -0.39 is 24.0 Å². The summed E-state index contributed by atoms with van der Waals surface area (Å²) in [5.41, 5.74) is -0.588. The van der Waals surface area contributed by atoms with Crippen LogP contribution in [0.2, 0.25) is 14.8 Å². The number of rotatable bonds is 3. The first-order chi connectivity index (χ1) is 8.68. The first-order valence-electron chi connectivity index (χ1n) is 7.13. The van der Waals surface area contributed by atoms with E-state index in [0.717, 1.165) is 25.3 Å². The summed E-state index contributed by atoms with van der Waals surface area (Å²) < 4.78 is 1.33. The fraction of sp³-hybridized carbons (Fsp3) is 0.667. The molecule has 2 heterocycles. The molecule has 0 spiro atoms. The Kier molecular flexibility index (Phi) is 4.17. The molecule has 0 aromatic carbocycles. The van der Waals surface area contributed by atoms with E-state index in [0.29, 0.717) is 5.92 Å². The summed E-state index contributed by atoms with van der Waals surface area (Å²) in [6, 6.07) is 6.42. The van der Waals surface area contributed by atoms with E-state index in [1.165, 1.54) is 3.71 Å². The molecule has 0 radical (unpaired) electrons. The molecule has 4 heteroatoms. The molecule has 3 nitrogen and oxygen atoms in total. The Bertz CT molecular complexity index is 448. The average Bonchev–Trinajstić information content (AvgIpc) is 2.77. The SMILES string of the molecule is CC(C)(O)C1CCN(c2ccc[c]([Sn]([CH3])([CH3])[CH3])n2)C1. The van der Waals surface area contributed by atoms with Crippen LogP contribution in [0.1, 0.15) is 20.3 Å². The van der Waals surface area contributed by atoms with Gasteiger partial charge >= 0.3 is 121 Å². The first kappa shape index (κ1) is 15.1. The zero-order valence-electron chi connectivity index (χ0n) is 12.8. The van der Waals surface area contributed by atoms with E-state index in [4.69, 9.17) is 4.98 Å². The van der Waals surface area contributed by atoms with Crippen LogP contribution in [-0.4, -0.2) is 47.2 Å². The normalized spacial score (nSPS) is 20.9. The van der Waals surface area contributed by atoms with E-state index in [-0.39, 0.29) is 0 Å². The van der Waals surface area contributed by atoms with Gasteiger partial charge in [0.2, 0.25) is 0 Å².